The van der Waals surface area contributed by atoms with Crippen LogP contribution in [0.5, 0.6) is 0 Å². The van der Waals surface area contributed by atoms with Gasteiger partial charge in [0.2, 0.25) is 0 Å². The van der Waals surface area contributed by atoms with Crippen molar-refractivity contribution < 1.29 is 14.2 Å². The van der Waals surface area contributed by atoms with Crippen molar-refractivity contribution in [3.63, 3.8) is 0 Å². The van der Waals surface area contributed by atoms with Crippen molar-refractivity contribution in [3.05, 3.63) is 11.9 Å². The molecule has 0 saturated heterocycles. The summed E-state index contributed by atoms with van der Waals surface area (Å²) >= 11 is 4.30. The van der Waals surface area contributed by atoms with Crippen molar-refractivity contribution in [2.75, 3.05) is 46.1 Å². The molecule has 1 aromatic heterocycles. The molecule has 0 aliphatic heterocycles. The molecule has 1 rings (SSSR count). The summed E-state index contributed by atoms with van der Waals surface area (Å²) in [5.74, 6) is 0. The van der Waals surface area contributed by atoms with Gasteiger partial charge in [-0.3, -0.25) is 0 Å². The first kappa shape index (κ1) is 21.4. The number of nitrogens with one attached hydrogen (secondary N) is 1. The van der Waals surface area contributed by atoms with E-state index in [1.807, 2.05) is 18.5 Å². The molecule has 0 aliphatic carbocycles. The van der Waals surface area contributed by atoms with Crippen molar-refractivity contribution in [1.29, 1.82) is 0 Å². The average molecular weight is 361 g/mol. The van der Waals surface area contributed by atoms with Gasteiger partial charge in [0.1, 0.15) is 0 Å². The van der Waals surface area contributed by atoms with Crippen molar-refractivity contribution in [1.82, 2.24) is 20.3 Å². The third kappa shape index (κ3) is 11.0. The molecule has 1 heterocycles. The topological polar surface area (TPSA) is 70.4 Å². The highest BCUT2D eigenvalue weighted by Gasteiger charge is 2.04. The summed E-state index contributed by atoms with van der Waals surface area (Å²) in [6.07, 6.45) is 2.84. The van der Waals surface area contributed by atoms with Gasteiger partial charge in [-0.1, -0.05) is 12.1 Å². The fourth-order valence-electron chi connectivity index (χ4n) is 1.99. The van der Waals surface area contributed by atoms with Crippen molar-refractivity contribution in [2.45, 2.75) is 45.1 Å². The van der Waals surface area contributed by atoms with Crippen LogP contribution in [-0.4, -0.2) is 72.5 Å². The lowest BCUT2D eigenvalue weighted by Crippen LogP contribution is -2.25. The molecular weight excluding hydrogens is 328 g/mol. The van der Waals surface area contributed by atoms with Gasteiger partial charge in [0, 0.05) is 24.8 Å². The lowest BCUT2D eigenvalue weighted by molar-refractivity contribution is 0.0444. The highest BCUT2D eigenvalue weighted by Crippen LogP contribution is 2.00. The third-order valence-corrected chi connectivity index (χ3v) is 3.37. The molecule has 0 bridgehead atoms. The predicted octanol–water partition coefficient (Wildman–Crippen LogP) is 1.19. The number of hydrogen-bond donors (Lipinski definition) is 2. The summed E-state index contributed by atoms with van der Waals surface area (Å²) in [6, 6.07) is 0. The quantitative estimate of drug-likeness (QED) is 0.362. The minimum absolute atomic E-state index is 0.245. The molecule has 140 valence electrons. The molecule has 0 saturated carbocycles. The Hall–Kier alpha value is -0.670. The van der Waals surface area contributed by atoms with Gasteiger partial charge in [0.05, 0.1) is 57.6 Å². The van der Waals surface area contributed by atoms with Crippen LogP contribution in [0, 0.1) is 0 Å². The fraction of sp³-hybridized carbons (Fsp3) is 0.875. The number of ether oxygens (including phenoxy) is 3. The molecule has 0 radical (unpaired) electrons. The zero-order valence-corrected chi connectivity index (χ0v) is 16.0. The molecule has 0 amide bonds. The third-order valence-electron chi connectivity index (χ3n) is 3.19. The van der Waals surface area contributed by atoms with Gasteiger partial charge < -0.3 is 19.5 Å². The molecule has 7 nitrogen and oxygen atoms in total. The molecule has 0 aromatic carbocycles. The van der Waals surface area contributed by atoms with Gasteiger partial charge >= 0.3 is 0 Å². The lowest BCUT2D eigenvalue weighted by atomic mass is 10.3. The number of thiol groups is 1. The predicted molar refractivity (Wildman–Crippen MR) is 97.8 cm³/mol. The lowest BCUT2D eigenvalue weighted by Gasteiger charge is -2.10. The van der Waals surface area contributed by atoms with Crippen LogP contribution in [0.15, 0.2) is 6.20 Å². The summed E-state index contributed by atoms with van der Waals surface area (Å²) in [5.41, 5.74) is 1.07. The fourth-order valence-corrected chi connectivity index (χ4v) is 2.12. The zero-order valence-electron chi connectivity index (χ0n) is 15.1. The summed E-state index contributed by atoms with van der Waals surface area (Å²) in [4.78, 5) is 0. The molecule has 1 atom stereocenters. The SMILES string of the molecule is CC(S)CNCCOCCOCCn1nncc1CCOC(C)C. The van der Waals surface area contributed by atoms with Crippen LogP contribution in [-0.2, 0) is 27.2 Å². The van der Waals surface area contributed by atoms with Crippen LogP contribution in [0.3, 0.4) is 0 Å². The first-order valence-corrected chi connectivity index (χ1v) is 9.14. The van der Waals surface area contributed by atoms with Gasteiger partial charge in [0.25, 0.3) is 0 Å². The van der Waals surface area contributed by atoms with E-state index in [1.165, 1.54) is 0 Å². The summed E-state index contributed by atoms with van der Waals surface area (Å²) < 4.78 is 18.5. The Labute approximate surface area is 150 Å². The van der Waals surface area contributed by atoms with Gasteiger partial charge in [0.15, 0.2) is 0 Å². The molecule has 24 heavy (non-hydrogen) atoms. The number of nitrogens with zero attached hydrogens (tertiary/aromatic N) is 3. The normalized spacial score (nSPS) is 12.9. The van der Waals surface area contributed by atoms with Gasteiger partial charge in [-0.2, -0.15) is 12.6 Å². The van der Waals surface area contributed by atoms with E-state index in [2.05, 4.69) is 35.2 Å². The van der Waals surface area contributed by atoms with E-state index in [4.69, 9.17) is 14.2 Å². The monoisotopic (exact) mass is 360 g/mol. The van der Waals surface area contributed by atoms with Crippen molar-refractivity contribution in [2.24, 2.45) is 0 Å². The molecule has 1 unspecified atom stereocenters. The van der Waals surface area contributed by atoms with Crippen LogP contribution in [0.4, 0.5) is 0 Å². The Kier molecular flexibility index (Phi) is 12.1. The summed E-state index contributed by atoms with van der Waals surface area (Å²) in [7, 11) is 0. The molecular formula is C16H32N4O3S. The van der Waals surface area contributed by atoms with Gasteiger partial charge in [-0.25, -0.2) is 4.68 Å². The Bertz CT molecular complexity index is 416. The smallest absolute Gasteiger partial charge is 0.0726 e. The first-order chi connectivity index (χ1) is 11.6. The standard InChI is InChI=1S/C16H32N4O3S/c1-14(2)23-7-4-16-13-18-19-20(16)6-9-22-11-10-21-8-5-17-12-15(3)24/h13-15,17,24H,4-12H2,1-3H3. The van der Waals surface area contributed by atoms with E-state index in [0.29, 0.717) is 44.8 Å². The van der Waals surface area contributed by atoms with Crippen LogP contribution in [0.1, 0.15) is 26.5 Å². The average Bonchev–Trinajstić information content (AvgIpc) is 2.96. The summed E-state index contributed by atoms with van der Waals surface area (Å²) in [5, 5.41) is 11.7. The molecule has 1 aromatic rings. The molecule has 1 N–H and O–H groups in total. The van der Waals surface area contributed by atoms with E-state index < -0.39 is 0 Å². The minimum Gasteiger partial charge on any atom is -0.378 e. The van der Waals surface area contributed by atoms with E-state index in [0.717, 1.165) is 25.2 Å². The van der Waals surface area contributed by atoms with Crippen molar-refractivity contribution >= 4 is 12.6 Å². The highest BCUT2D eigenvalue weighted by atomic mass is 32.1. The van der Waals surface area contributed by atoms with Gasteiger partial charge in [-0.15, -0.1) is 5.10 Å². The maximum atomic E-state index is 5.57. The Morgan fingerprint density at radius 2 is 1.88 bits per heavy atom. The Balaban J connectivity index is 1.99. The molecule has 0 aliphatic rings. The zero-order chi connectivity index (χ0) is 17.6. The van der Waals surface area contributed by atoms with Crippen LogP contribution in [0.2, 0.25) is 0 Å². The second kappa shape index (κ2) is 13.6. The number of rotatable bonds is 15. The molecule has 8 heteroatoms. The van der Waals surface area contributed by atoms with E-state index in [1.54, 1.807) is 6.20 Å². The minimum atomic E-state index is 0.245. The van der Waals surface area contributed by atoms with Crippen molar-refractivity contribution in [3.8, 4) is 0 Å². The van der Waals surface area contributed by atoms with E-state index >= 15 is 0 Å². The second-order valence-electron chi connectivity index (χ2n) is 5.90. The van der Waals surface area contributed by atoms with E-state index in [-0.39, 0.29) is 6.10 Å². The van der Waals surface area contributed by atoms with Crippen LogP contribution in [0.25, 0.3) is 0 Å². The number of aromatic nitrogens is 3. The second-order valence-corrected chi connectivity index (χ2v) is 6.78. The Morgan fingerprint density at radius 1 is 1.12 bits per heavy atom. The molecule has 0 spiro atoms. The maximum Gasteiger partial charge on any atom is 0.0726 e. The first-order valence-electron chi connectivity index (χ1n) is 8.62. The summed E-state index contributed by atoms with van der Waals surface area (Å²) in [6.45, 7) is 11.7. The Morgan fingerprint density at radius 3 is 2.58 bits per heavy atom. The van der Waals surface area contributed by atoms with Crippen LogP contribution < -0.4 is 5.32 Å². The molecule has 0 fully saturated rings. The number of hydrogen-bond acceptors (Lipinski definition) is 7. The maximum absolute atomic E-state index is 5.57. The largest absolute Gasteiger partial charge is 0.378 e. The van der Waals surface area contributed by atoms with Crippen LogP contribution >= 0.6 is 12.6 Å². The highest BCUT2D eigenvalue weighted by molar-refractivity contribution is 7.80. The van der Waals surface area contributed by atoms with Gasteiger partial charge in [-0.05, 0) is 13.8 Å². The van der Waals surface area contributed by atoms with E-state index in [9.17, 15) is 0 Å².